The average Bonchev–Trinajstić information content (AvgIpc) is 3.10. The number of para-hydroxylation sites is 1. The molecule has 2 amide bonds. The number of aliphatic carboxylic acids is 1. The first-order valence-electron chi connectivity index (χ1n) is 10.3. The van der Waals surface area contributed by atoms with Crippen LogP contribution in [-0.4, -0.2) is 65.1 Å². The van der Waals surface area contributed by atoms with Gasteiger partial charge in [0.25, 0.3) is 5.91 Å². The highest BCUT2D eigenvalue weighted by molar-refractivity contribution is 7.18. The second-order valence-electron chi connectivity index (χ2n) is 7.90. The van der Waals surface area contributed by atoms with Gasteiger partial charge in [0.1, 0.15) is 21.2 Å². The maximum absolute atomic E-state index is 13.4. The summed E-state index contributed by atoms with van der Waals surface area (Å²) in [7, 11) is 1.71. The molecular formula is C23H28N2O7S. The number of nitrogens with zero attached hydrogens (tertiary/aromatic N) is 2. The molecule has 0 bridgehead atoms. The Kier molecular flexibility index (Phi) is 8.21. The quantitative estimate of drug-likeness (QED) is 0.396. The molecule has 10 heteroatoms. The molecule has 0 spiro atoms. The number of anilines is 1. The van der Waals surface area contributed by atoms with Crippen molar-refractivity contribution in [2.45, 2.75) is 39.7 Å². The van der Waals surface area contributed by atoms with E-state index in [-0.39, 0.29) is 29.2 Å². The van der Waals surface area contributed by atoms with E-state index in [9.17, 15) is 29.4 Å². The molecular weight excluding hydrogens is 448 g/mol. The number of carbonyl (C=O) groups excluding carboxylic acids is 3. The molecule has 1 aromatic carbocycles. The molecule has 0 atom stereocenters. The minimum atomic E-state index is -1.80. The first-order valence-corrected chi connectivity index (χ1v) is 11.1. The number of hydrogen-bond acceptors (Lipinski definition) is 8. The topological polar surface area (TPSA) is 124 Å². The van der Waals surface area contributed by atoms with Crippen molar-refractivity contribution in [3.05, 3.63) is 45.8 Å². The average molecular weight is 477 g/mol. The summed E-state index contributed by atoms with van der Waals surface area (Å²) in [5.74, 6) is -2.64. The number of benzene rings is 1. The van der Waals surface area contributed by atoms with Crippen molar-refractivity contribution in [3.8, 4) is 5.75 Å². The molecule has 0 radical (unpaired) electrons. The van der Waals surface area contributed by atoms with Crippen LogP contribution in [0.5, 0.6) is 5.75 Å². The zero-order valence-corrected chi connectivity index (χ0v) is 20.1. The van der Waals surface area contributed by atoms with Crippen molar-refractivity contribution in [2.24, 2.45) is 0 Å². The molecule has 2 rings (SSSR count). The highest BCUT2D eigenvalue weighted by atomic mass is 32.1. The Morgan fingerprint density at radius 2 is 1.85 bits per heavy atom. The van der Waals surface area contributed by atoms with E-state index in [0.717, 1.165) is 11.3 Å². The van der Waals surface area contributed by atoms with Gasteiger partial charge in [-0.15, -0.1) is 11.3 Å². The fourth-order valence-corrected chi connectivity index (χ4v) is 4.36. The molecule has 2 N–H and O–H groups in total. The molecule has 0 aliphatic rings. The Balaban J connectivity index is 2.52. The third-order valence-corrected chi connectivity index (χ3v) is 6.69. The number of carbonyl (C=O) groups is 4. The lowest BCUT2D eigenvalue weighted by Crippen LogP contribution is -2.52. The Hall–Kier alpha value is -3.40. The number of aromatic hydroxyl groups is 1. The van der Waals surface area contributed by atoms with Crippen LogP contribution in [0.1, 0.15) is 51.9 Å². The van der Waals surface area contributed by atoms with E-state index in [0.29, 0.717) is 34.0 Å². The third kappa shape index (κ3) is 5.33. The minimum Gasteiger partial charge on any atom is -0.508 e. The molecule has 0 aliphatic heterocycles. The van der Waals surface area contributed by atoms with Crippen molar-refractivity contribution < 1.29 is 34.1 Å². The highest BCUT2D eigenvalue weighted by Crippen LogP contribution is 2.38. The predicted octanol–water partition coefficient (Wildman–Crippen LogP) is 3.08. The van der Waals surface area contributed by atoms with Gasteiger partial charge >= 0.3 is 11.9 Å². The van der Waals surface area contributed by atoms with Gasteiger partial charge in [-0.3, -0.25) is 14.5 Å². The highest BCUT2D eigenvalue weighted by Gasteiger charge is 2.41. The summed E-state index contributed by atoms with van der Waals surface area (Å²) in [6.45, 7) is 6.24. The largest absolute Gasteiger partial charge is 0.508 e. The van der Waals surface area contributed by atoms with Crippen molar-refractivity contribution >= 4 is 40.6 Å². The van der Waals surface area contributed by atoms with Crippen molar-refractivity contribution in [2.75, 3.05) is 25.1 Å². The van der Waals surface area contributed by atoms with Crippen LogP contribution in [0.4, 0.5) is 5.00 Å². The summed E-state index contributed by atoms with van der Waals surface area (Å²) in [6, 6.07) is 6.87. The van der Waals surface area contributed by atoms with Crippen molar-refractivity contribution in [1.82, 2.24) is 4.90 Å². The fraction of sp³-hybridized carbons (Fsp3) is 0.391. The zero-order chi connectivity index (χ0) is 24.9. The number of likely N-dealkylation sites (N-methyl/N-ethyl adjacent to an activating group) is 1. The SMILES string of the molecule is CCOC(=O)c1sc(N(C)CCc2ccccc2O)c(C(=O)N(C=O)C(C)(C)C(=O)O)c1C. The number of ether oxygens (including phenoxy) is 1. The lowest BCUT2D eigenvalue weighted by Gasteiger charge is -2.30. The maximum Gasteiger partial charge on any atom is 0.348 e. The molecule has 1 heterocycles. The Labute approximate surface area is 196 Å². The number of amides is 2. The van der Waals surface area contributed by atoms with Gasteiger partial charge in [0.15, 0.2) is 0 Å². The van der Waals surface area contributed by atoms with E-state index < -0.39 is 23.4 Å². The number of hydrogen-bond donors (Lipinski definition) is 2. The Morgan fingerprint density at radius 1 is 1.21 bits per heavy atom. The maximum atomic E-state index is 13.4. The van der Waals surface area contributed by atoms with Crippen LogP contribution >= 0.6 is 11.3 Å². The lowest BCUT2D eigenvalue weighted by atomic mass is 10.0. The monoisotopic (exact) mass is 476 g/mol. The van der Waals surface area contributed by atoms with Crippen molar-refractivity contribution in [1.29, 1.82) is 0 Å². The normalized spacial score (nSPS) is 11.1. The van der Waals surface area contributed by atoms with Gasteiger partial charge < -0.3 is 19.8 Å². The first-order chi connectivity index (χ1) is 15.5. The van der Waals surface area contributed by atoms with Gasteiger partial charge in [0.05, 0.1) is 12.2 Å². The molecule has 0 unspecified atom stereocenters. The van der Waals surface area contributed by atoms with Gasteiger partial charge in [-0.2, -0.15) is 0 Å². The molecule has 33 heavy (non-hydrogen) atoms. The van der Waals surface area contributed by atoms with Crippen LogP contribution in [0.3, 0.4) is 0 Å². The van der Waals surface area contributed by atoms with Gasteiger partial charge in [-0.25, -0.2) is 9.59 Å². The number of thiophene rings is 1. The molecule has 0 saturated carbocycles. The second-order valence-corrected chi connectivity index (χ2v) is 8.90. The fourth-order valence-electron chi connectivity index (χ4n) is 3.18. The summed E-state index contributed by atoms with van der Waals surface area (Å²) in [5.41, 5.74) is -0.731. The predicted molar refractivity (Wildman–Crippen MR) is 124 cm³/mol. The van der Waals surface area contributed by atoms with Crippen LogP contribution in [0.15, 0.2) is 24.3 Å². The van der Waals surface area contributed by atoms with Crippen molar-refractivity contribution in [3.63, 3.8) is 0 Å². The molecule has 0 fully saturated rings. The van der Waals surface area contributed by atoms with Gasteiger partial charge in [-0.05, 0) is 51.3 Å². The van der Waals surface area contributed by atoms with Gasteiger partial charge in [-0.1, -0.05) is 18.2 Å². The molecule has 2 aromatic rings. The Bertz CT molecular complexity index is 1060. The number of carboxylic acids is 1. The Morgan fingerprint density at radius 3 is 2.39 bits per heavy atom. The standard InChI is InChI=1S/C23H28N2O7S/c1-6-32-21(29)18-14(2)17(19(28)25(13-26)23(3,4)22(30)31)20(33-18)24(5)12-11-15-9-7-8-10-16(15)27/h7-10,13,27H,6,11-12H2,1-5H3,(H,30,31). The van der Waals surface area contributed by atoms with Crippen LogP contribution in [-0.2, 0) is 20.7 Å². The van der Waals surface area contributed by atoms with E-state index >= 15 is 0 Å². The first kappa shape index (κ1) is 25.9. The minimum absolute atomic E-state index is 0.0595. The molecule has 1 aromatic heterocycles. The van der Waals surface area contributed by atoms with E-state index in [1.165, 1.54) is 13.8 Å². The van der Waals surface area contributed by atoms with Gasteiger partial charge in [0.2, 0.25) is 6.41 Å². The summed E-state index contributed by atoms with van der Waals surface area (Å²) in [6.07, 6.45) is 0.629. The summed E-state index contributed by atoms with van der Waals surface area (Å²) in [5, 5.41) is 20.0. The number of imide groups is 1. The number of rotatable bonds is 10. The number of esters is 1. The van der Waals surface area contributed by atoms with Gasteiger partial charge in [0, 0.05) is 13.6 Å². The van der Waals surface area contributed by atoms with Crippen LogP contribution in [0.2, 0.25) is 0 Å². The number of carboxylic acid groups (broad SMARTS) is 1. The number of phenolic OH excluding ortho intramolecular Hbond substituents is 1. The summed E-state index contributed by atoms with van der Waals surface area (Å²) in [4.78, 5) is 51.9. The number of phenols is 1. The van der Waals surface area contributed by atoms with E-state index in [1.54, 1.807) is 50.1 Å². The zero-order valence-electron chi connectivity index (χ0n) is 19.2. The van der Waals surface area contributed by atoms with Crippen LogP contribution in [0.25, 0.3) is 0 Å². The van der Waals surface area contributed by atoms with E-state index in [4.69, 9.17) is 4.74 Å². The van der Waals surface area contributed by atoms with E-state index in [2.05, 4.69) is 0 Å². The molecule has 0 saturated heterocycles. The lowest BCUT2D eigenvalue weighted by molar-refractivity contribution is -0.150. The smallest absolute Gasteiger partial charge is 0.348 e. The van der Waals surface area contributed by atoms with Crippen LogP contribution < -0.4 is 4.90 Å². The molecule has 9 nitrogen and oxygen atoms in total. The molecule has 178 valence electrons. The van der Waals surface area contributed by atoms with Crippen LogP contribution in [0, 0.1) is 6.92 Å². The summed E-state index contributed by atoms with van der Waals surface area (Å²) >= 11 is 1.03. The third-order valence-electron chi connectivity index (χ3n) is 5.31. The van der Waals surface area contributed by atoms with E-state index in [1.807, 2.05) is 0 Å². The second kappa shape index (κ2) is 10.5. The summed E-state index contributed by atoms with van der Waals surface area (Å²) < 4.78 is 5.11. The molecule has 0 aliphatic carbocycles.